The molecule has 1 aromatic carbocycles. The highest BCUT2D eigenvalue weighted by molar-refractivity contribution is 7.89. The van der Waals surface area contributed by atoms with E-state index in [1.807, 2.05) is 6.07 Å². The van der Waals surface area contributed by atoms with Crippen molar-refractivity contribution in [1.82, 2.24) is 10.0 Å². The number of nitrogens with one attached hydrogen (secondary N) is 2. The summed E-state index contributed by atoms with van der Waals surface area (Å²) in [5, 5.41) is 3.24. The molecule has 0 aromatic heterocycles. The first-order chi connectivity index (χ1) is 9.47. The Labute approximate surface area is 121 Å². The predicted octanol–water partition coefficient (Wildman–Crippen LogP) is 2.00. The molecule has 4 nitrogen and oxygen atoms in total. The average molecular weight is 294 g/mol. The molecule has 1 aromatic rings. The zero-order chi connectivity index (χ0) is 14.3. The standard InChI is InChI=1S/C15H22N2O2S/c1-10-3-6-15(11(10)2)17-20(18,19)14-5-4-12-8-16-9-13(12)7-14/h4-5,7,10-11,15-17H,3,6,8-9H2,1-2H3. The predicted molar refractivity (Wildman–Crippen MR) is 78.7 cm³/mol. The minimum atomic E-state index is -3.40. The molecule has 3 unspecified atom stereocenters. The fourth-order valence-corrected chi connectivity index (χ4v) is 4.65. The first-order valence-electron chi connectivity index (χ1n) is 7.32. The molecule has 0 spiro atoms. The van der Waals surface area contributed by atoms with Crippen LogP contribution in [0.2, 0.25) is 0 Å². The Balaban J connectivity index is 1.82. The number of hydrogen-bond donors (Lipinski definition) is 2. The van der Waals surface area contributed by atoms with Crippen molar-refractivity contribution >= 4 is 10.0 Å². The van der Waals surface area contributed by atoms with Gasteiger partial charge >= 0.3 is 0 Å². The Morgan fingerprint density at radius 1 is 1.15 bits per heavy atom. The molecule has 110 valence electrons. The molecule has 0 saturated heterocycles. The van der Waals surface area contributed by atoms with Gasteiger partial charge in [-0.1, -0.05) is 19.9 Å². The van der Waals surface area contributed by atoms with Gasteiger partial charge in [0.2, 0.25) is 10.0 Å². The topological polar surface area (TPSA) is 58.2 Å². The molecule has 0 amide bonds. The summed E-state index contributed by atoms with van der Waals surface area (Å²) < 4.78 is 27.9. The van der Waals surface area contributed by atoms with Crippen molar-refractivity contribution in [1.29, 1.82) is 0 Å². The lowest BCUT2D eigenvalue weighted by molar-refractivity contribution is 0.402. The van der Waals surface area contributed by atoms with Gasteiger partial charge in [-0.25, -0.2) is 13.1 Å². The largest absolute Gasteiger partial charge is 0.309 e. The van der Waals surface area contributed by atoms with Crippen LogP contribution in [0.4, 0.5) is 0 Å². The Kier molecular flexibility index (Phi) is 3.60. The van der Waals surface area contributed by atoms with Crippen molar-refractivity contribution in [3.63, 3.8) is 0 Å². The van der Waals surface area contributed by atoms with E-state index in [0.29, 0.717) is 16.7 Å². The van der Waals surface area contributed by atoms with Gasteiger partial charge in [-0.2, -0.15) is 0 Å². The lowest BCUT2D eigenvalue weighted by atomic mass is 9.98. The second kappa shape index (κ2) is 5.13. The van der Waals surface area contributed by atoms with Gasteiger partial charge in [-0.15, -0.1) is 0 Å². The van der Waals surface area contributed by atoms with Gasteiger partial charge in [-0.05, 0) is 47.9 Å². The molecule has 2 aliphatic rings. The van der Waals surface area contributed by atoms with Crippen molar-refractivity contribution in [2.45, 2.75) is 50.7 Å². The van der Waals surface area contributed by atoms with Crippen LogP contribution in [0.3, 0.4) is 0 Å². The summed E-state index contributed by atoms with van der Waals surface area (Å²) in [6, 6.07) is 5.52. The Hall–Kier alpha value is -0.910. The summed E-state index contributed by atoms with van der Waals surface area (Å²) >= 11 is 0. The second-order valence-electron chi connectivity index (χ2n) is 6.18. The second-order valence-corrected chi connectivity index (χ2v) is 7.89. The zero-order valence-electron chi connectivity index (χ0n) is 12.0. The molecule has 20 heavy (non-hydrogen) atoms. The van der Waals surface area contributed by atoms with Gasteiger partial charge in [0.1, 0.15) is 0 Å². The Bertz CT molecular complexity index is 612. The van der Waals surface area contributed by atoms with Crippen LogP contribution in [0, 0.1) is 11.8 Å². The van der Waals surface area contributed by atoms with Crippen molar-refractivity contribution in [2.24, 2.45) is 11.8 Å². The SMILES string of the molecule is CC1CCC(NS(=O)(=O)c2ccc3c(c2)CNC3)C1C. The van der Waals surface area contributed by atoms with Crippen LogP contribution in [0.25, 0.3) is 0 Å². The normalized spacial score (nSPS) is 29.6. The third-order valence-electron chi connectivity index (χ3n) is 4.89. The molecular formula is C15H22N2O2S. The molecule has 3 rings (SSSR count). The molecule has 0 bridgehead atoms. The lowest BCUT2D eigenvalue weighted by Crippen LogP contribution is -2.37. The number of fused-ring (bicyclic) bond motifs is 1. The van der Waals surface area contributed by atoms with Crippen LogP contribution in [0.5, 0.6) is 0 Å². The van der Waals surface area contributed by atoms with Gasteiger partial charge in [0.05, 0.1) is 4.90 Å². The van der Waals surface area contributed by atoms with Crippen LogP contribution < -0.4 is 10.0 Å². The summed E-state index contributed by atoms with van der Waals surface area (Å²) in [6.45, 7) is 5.92. The van der Waals surface area contributed by atoms with Crippen molar-refractivity contribution in [3.8, 4) is 0 Å². The summed E-state index contributed by atoms with van der Waals surface area (Å²) in [4.78, 5) is 0.395. The summed E-state index contributed by atoms with van der Waals surface area (Å²) in [5.74, 6) is 0.993. The van der Waals surface area contributed by atoms with Gasteiger partial charge < -0.3 is 5.32 Å². The number of benzene rings is 1. The molecule has 2 N–H and O–H groups in total. The molecule has 0 radical (unpaired) electrons. The third kappa shape index (κ3) is 2.50. The molecular weight excluding hydrogens is 272 g/mol. The van der Waals surface area contributed by atoms with Crippen molar-refractivity contribution in [2.75, 3.05) is 0 Å². The van der Waals surface area contributed by atoms with Gasteiger partial charge in [0.25, 0.3) is 0 Å². The Morgan fingerprint density at radius 3 is 2.60 bits per heavy atom. The smallest absolute Gasteiger partial charge is 0.240 e. The van der Waals surface area contributed by atoms with Gasteiger partial charge in [0.15, 0.2) is 0 Å². The van der Waals surface area contributed by atoms with E-state index < -0.39 is 10.0 Å². The molecule has 3 atom stereocenters. The molecule has 1 aliphatic heterocycles. The van der Waals surface area contributed by atoms with E-state index in [0.717, 1.165) is 31.5 Å². The lowest BCUT2D eigenvalue weighted by Gasteiger charge is -2.19. The van der Waals surface area contributed by atoms with E-state index in [-0.39, 0.29) is 6.04 Å². The van der Waals surface area contributed by atoms with Crippen LogP contribution in [-0.2, 0) is 23.1 Å². The number of rotatable bonds is 3. The van der Waals surface area contributed by atoms with Crippen LogP contribution in [0.1, 0.15) is 37.8 Å². The van der Waals surface area contributed by atoms with E-state index in [4.69, 9.17) is 0 Å². The molecule has 1 fully saturated rings. The van der Waals surface area contributed by atoms with Crippen LogP contribution >= 0.6 is 0 Å². The highest BCUT2D eigenvalue weighted by Gasteiger charge is 2.33. The first-order valence-corrected chi connectivity index (χ1v) is 8.80. The molecule has 1 aliphatic carbocycles. The minimum absolute atomic E-state index is 0.0707. The van der Waals surface area contributed by atoms with E-state index in [2.05, 4.69) is 23.9 Å². The quantitative estimate of drug-likeness (QED) is 0.896. The Morgan fingerprint density at radius 2 is 1.90 bits per heavy atom. The van der Waals surface area contributed by atoms with E-state index in [9.17, 15) is 8.42 Å². The number of hydrogen-bond acceptors (Lipinski definition) is 3. The maximum absolute atomic E-state index is 12.5. The molecule has 5 heteroatoms. The highest BCUT2D eigenvalue weighted by Crippen LogP contribution is 2.32. The fourth-order valence-electron chi connectivity index (χ4n) is 3.24. The van der Waals surface area contributed by atoms with Crippen LogP contribution in [-0.4, -0.2) is 14.5 Å². The maximum Gasteiger partial charge on any atom is 0.240 e. The van der Waals surface area contributed by atoms with E-state index in [1.54, 1.807) is 12.1 Å². The number of sulfonamides is 1. The fraction of sp³-hybridized carbons (Fsp3) is 0.600. The minimum Gasteiger partial charge on any atom is -0.309 e. The summed E-state index contributed by atoms with van der Waals surface area (Å²) in [7, 11) is -3.40. The highest BCUT2D eigenvalue weighted by atomic mass is 32.2. The van der Waals surface area contributed by atoms with Gasteiger partial charge in [0, 0.05) is 19.1 Å². The van der Waals surface area contributed by atoms with E-state index >= 15 is 0 Å². The first kappa shape index (κ1) is 14.0. The third-order valence-corrected chi connectivity index (χ3v) is 6.38. The maximum atomic E-state index is 12.5. The van der Waals surface area contributed by atoms with Crippen LogP contribution in [0.15, 0.2) is 23.1 Å². The zero-order valence-corrected chi connectivity index (χ0v) is 12.8. The molecule has 1 heterocycles. The van der Waals surface area contributed by atoms with Crippen molar-refractivity contribution in [3.05, 3.63) is 29.3 Å². The average Bonchev–Trinajstić information content (AvgIpc) is 2.99. The van der Waals surface area contributed by atoms with E-state index in [1.165, 1.54) is 5.56 Å². The summed E-state index contributed by atoms with van der Waals surface area (Å²) in [5.41, 5.74) is 2.30. The van der Waals surface area contributed by atoms with Gasteiger partial charge in [-0.3, -0.25) is 0 Å². The molecule has 1 saturated carbocycles. The van der Waals surface area contributed by atoms with Crippen molar-refractivity contribution < 1.29 is 8.42 Å². The monoisotopic (exact) mass is 294 g/mol. The summed E-state index contributed by atoms with van der Waals surface area (Å²) in [6.07, 6.45) is 2.04.